The number of aromatic nitrogens is 3. The van der Waals surface area contributed by atoms with Gasteiger partial charge in [-0.2, -0.15) is 0 Å². The average molecular weight is 323 g/mol. The number of hydrogen-bond donors (Lipinski definition) is 0. The first-order valence-corrected chi connectivity index (χ1v) is 6.76. The second-order valence-corrected chi connectivity index (χ2v) is 5.00. The maximum absolute atomic E-state index is 5.96. The fourth-order valence-electron chi connectivity index (χ4n) is 1.91. The first-order chi connectivity index (χ1) is 8.79. The van der Waals surface area contributed by atoms with E-state index in [1.807, 2.05) is 41.0 Å². The highest BCUT2D eigenvalue weighted by atomic mass is 79.9. The third-order valence-corrected chi connectivity index (χ3v) is 3.46. The van der Waals surface area contributed by atoms with E-state index in [0.717, 1.165) is 27.1 Å². The van der Waals surface area contributed by atoms with Crippen molar-refractivity contribution in [2.75, 3.05) is 0 Å². The molecule has 0 aliphatic rings. The van der Waals surface area contributed by atoms with Crippen LogP contribution in [0.5, 0.6) is 0 Å². The summed E-state index contributed by atoms with van der Waals surface area (Å²) >= 11 is 9.39. The van der Waals surface area contributed by atoms with Crippen molar-refractivity contribution in [1.29, 1.82) is 0 Å². The van der Waals surface area contributed by atoms with Crippen LogP contribution in [0.2, 0.25) is 0 Å². The van der Waals surface area contributed by atoms with Crippen molar-refractivity contribution in [2.45, 2.75) is 5.88 Å². The first-order valence-electron chi connectivity index (χ1n) is 5.44. The largest absolute Gasteiger partial charge is 0.280 e. The minimum Gasteiger partial charge on any atom is -0.280 e. The van der Waals surface area contributed by atoms with Crippen LogP contribution in [0.3, 0.4) is 0 Å². The van der Waals surface area contributed by atoms with E-state index < -0.39 is 0 Å². The zero-order valence-electron chi connectivity index (χ0n) is 9.35. The SMILES string of the molecule is ClCc1nc2cccnc2n1-c1ccc(Br)cc1. The molecule has 0 N–H and O–H groups in total. The Balaban J connectivity index is 2.29. The summed E-state index contributed by atoms with van der Waals surface area (Å²) in [7, 11) is 0. The van der Waals surface area contributed by atoms with Crippen molar-refractivity contribution in [1.82, 2.24) is 14.5 Å². The molecule has 0 atom stereocenters. The summed E-state index contributed by atoms with van der Waals surface area (Å²) in [5.41, 5.74) is 2.70. The molecule has 0 saturated carbocycles. The van der Waals surface area contributed by atoms with Gasteiger partial charge in [-0.3, -0.25) is 4.57 Å². The average Bonchev–Trinajstić information content (AvgIpc) is 2.78. The van der Waals surface area contributed by atoms with Crippen LogP contribution in [0.4, 0.5) is 0 Å². The normalized spacial score (nSPS) is 11.0. The topological polar surface area (TPSA) is 30.7 Å². The summed E-state index contributed by atoms with van der Waals surface area (Å²) in [4.78, 5) is 8.87. The van der Waals surface area contributed by atoms with E-state index in [-0.39, 0.29) is 0 Å². The van der Waals surface area contributed by atoms with E-state index in [1.165, 1.54) is 0 Å². The number of nitrogens with zero attached hydrogens (tertiary/aromatic N) is 3. The predicted molar refractivity (Wildman–Crippen MR) is 76.1 cm³/mol. The highest BCUT2D eigenvalue weighted by Gasteiger charge is 2.11. The molecule has 5 heteroatoms. The molecule has 3 aromatic rings. The van der Waals surface area contributed by atoms with Crippen LogP contribution >= 0.6 is 27.5 Å². The van der Waals surface area contributed by atoms with Gasteiger partial charge < -0.3 is 0 Å². The molecule has 0 amide bonds. The summed E-state index contributed by atoms with van der Waals surface area (Å²) in [6.07, 6.45) is 1.76. The van der Waals surface area contributed by atoms with E-state index in [1.54, 1.807) is 6.20 Å². The highest BCUT2D eigenvalue weighted by Crippen LogP contribution is 2.22. The van der Waals surface area contributed by atoms with Crippen molar-refractivity contribution >= 4 is 38.7 Å². The molecule has 1 aromatic carbocycles. The number of rotatable bonds is 2. The minimum atomic E-state index is 0.354. The van der Waals surface area contributed by atoms with Gasteiger partial charge in [0.2, 0.25) is 0 Å². The van der Waals surface area contributed by atoms with Gasteiger partial charge in [-0.05, 0) is 36.4 Å². The number of imidazole rings is 1. The summed E-state index contributed by atoms with van der Waals surface area (Å²) in [6.45, 7) is 0. The molecule has 0 spiro atoms. The van der Waals surface area contributed by atoms with Gasteiger partial charge in [-0.15, -0.1) is 11.6 Å². The summed E-state index contributed by atoms with van der Waals surface area (Å²) in [6, 6.07) is 11.8. The van der Waals surface area contributed by atoms with Crippen LogP contribution in [0.15, 0.2) is 47.1 Å². The van der Waals surface area contributed by atoms with E-state index in [2.05, 4.69) is 25.9 Å². The Hall–Kier alpha value is -1.39. The zero-order chi connectivity index (χ0) is 12.5. The standard InChI is InChI=1S/C13H9BrClN3/c14-9-3-5-10(6-4-9)18-12(8-15)17-11-2-1-7-16-13(11)18/h1-7H,8H2. The van der Waals surface area contributed by atoms with Crippen LogP contribution in [0.1, 0.15) is 5.82 Å². The molecule has 0 unspecified atom stereocenters. The van der Waals surface area contributed by atoms with Crippen LogP contribution in [0.25, 0.3) is 16.9 Å². The highest BCUT2D eigenvalue weighted by molar-refractivity contribution is 9.10. The first kappa shape index (κ1) is 11.7. The van der Waals surface area contributed by atoms with Gasteiger partial charge in [0.15, 0.2) is 5.65 Å². The summed E-state index contributed by atoms with van der Waals surface area (Å²) in [5.74, 6) is 1.15. The molecule has 3 rings (SSSR count). The summed E-state index contributed by atoms with van der Waals surface area (Å²) < 4.78 is 3.02. The van der Waals surface area contributed by atoms with Gasteiger partial charge in [0.25, 0.3) is 0 Å². The summed E-state index contributed by atoms with van der Waals surface area (Å²) in [5, 5.41) is 0. The lowest BCUT2D eigenvalue weighted by Crippen LogP contribution is -1.99. The minimum absolute atomic E-state index is 0.354. The Labute approximate surface area is 118 Å². The molecular weight excluding hydrogens is 314 g/mol. The lowest BCUT2D eigenvalue weighted by atomic mass is 10.3. The fourth-order valence-corrected chi connectivity index (χ4v) is 2.35. The Morgan fingerprint density at radius 3 is 2.67 bits per heavy atom. The Bertz CT molecular complexity index is 691. The van der Waals surface area contributed by atoms with E-state index in [0.29, 0.717) is 5.88 Å². The van der Waals surface area contributed by atoms with E-state index in [9.17, 15) is 0 Å². The monoisotopic (exact) mass is 321 g/mol. The Morgan fingerprint density at radius 1 is 1.17 bits per heavy atom. The molecule has 90 valence electrons. The number of fused-ring (bicyclic) bond motifs is 1. The second kappa shape index (κ2) is 4.71. The number of alkyl halides is 1. The van der Waals surface area contributed by atoms with Gasteiger partial charge in [-0.25, -0.2) is 9.97 Å². The van der Waals surface area contributed by atoms with Gasteiger partial charge in [-0.1, -0.05) is 15.9 Å². The molecular formula is C13H9BrClN3. The third-order valence-electron chi connectivity index (χ3n) is 2.69. The molecule has 0 fully saturated rings. The van der Waals surface area contributed by atoms with Crippen molar-refractivity contribution in [2.24, 2.45) is 0 Å². The van der Waals surface area contributed by atoms with Crippen molar-refractivity contribution < 1.29 is 0 Å². The number of benzene rings is 1. The van der Waals surface area contributed by atoms with Crippen LogP contribution in [0, 0.1) is 0 Å². The molecule has 0 aliphatic heterocycles. The third kappa shape index (κ3) is 1.91. The molecule has 2 heterocycles. The van der Waals surface area contributed by atoms with Crippen molar-refractivity contribution in [3.05, 3.63) is 52.9 Å². The fraction of sp³-hybridized carbons (Fsp3) is 0.0769. The maximum atomic E-state index is 5.96. The van der Waals surface area contributed by atoms with Gasteiger partial charge >= 0.3 is 0 Å². The quantitative estimate of drug-likeness (QED) is 0.669. The smallest absolute Gasteiger partial charge is 0.164 e. The second-order valence-electron chi connectivity index (χ2n) is 3.82. The van der Waals surface area contributed by atoms with Gasteiger partial charge in [0, 0.05) is 16.4 Å². The van der Waals surface area contributed by atoms with Crippen molar-refractivity contribution in [3.8, 4) is 5.69 Å². The Morgan fingerprint density at radius 2 is 1.94 bits per heavy atom. The lowest BCUT2D eigenvalue weighted by molar-refractivity contribution is 0.969. The molecule has 2 aromatic heterocycles. The lowest BCUT2D eigenvalue weighted by Gasteiger charge is -2.06. The predicted octanol–water partition coefficient (Wildman–Crippen LogP) is 3.92. The van der Waals surface area contributed by atoms with Crippen LogP contribution in [-0.4, -0.2) is 14.5 Å². The molecule has 0 radical (unpaired) electrons. The van der Waals surface area contributed by atoms with E-state index in [4.69, 9.17) is 11.6 Å². The van der Waals surface area contributed by atoms with Crippen LogP contribution < -0.4 is 0 Å². The number of pyridine rings is 1. The molecule has 0 aliphatic carbocycles. The molecule has 0 bridgehead atoms. The molecule has 0 saturated heterocycles. The number of halogens is 2. The van der Waals surface area contributed by atoms with Crippen molar-refractivity contribution in [3.63, 3.8) is 0 Å². The number of hydrogen-bond acceptors (Lipinski definition) is 2. The molecule has 3 nitrogen and oxygen atoms in total. The van der Waals surface area contributed by atoms with E-state index >= 15 is 0 Å². The van der Waals surface area contributed by atoms with Gasteiger partial charge in [0.1, 0.15) is 11.3 Å². The maximum Gasteiger partial charge on any atom is 0.164 e. The zero-order valence-corrected chi connectivity index (χ0v) is 11.7. The Kier molecular flexibility index (Phi) is 3.06. The molecule has 18 heavy (non-hydrogen) atoms. The van der Waals surface area contributed by atoms with Gasteiger partial charge in [0.05, 0.1) is 5.88 Å². The van der Waals surface area contributed by atoms with Crippen LogP contribution in [-0.2, 0) is 5.88 Å².